The summed E-state index contributed by atoms with van der Waals surface area (Å²) < 4.78 is 83.7. The topological polar surface area (TPSA) is 80.3 Å². The van der Waals surface area contributed by atoms with Crippen molar-refractivity contribution in [3.8, 4) is 0 Å². The molecular weight excluding hydrogens is 592 g/mol. The summed E-state index contributed by atoms with van der Waals surface area (Å²) in [6.07, 6.45) is 0.0320. The fourth-order valence-electron chi connectivity index (χ4n) is 4.32. The summed E-state index contributed by atoms with van der Waals surface area (Å²) in [5.41, 5.74) is -0.259. The maximum Gasteiger partial charge on any atom is 0.251 e. The maximum atomic E-state index is 14.9. The lowest BCUT2D eigenvalue weighted by molar-refractivity contribution is 0.324. The number of rotatable bonds is 6. The van der Waals surface area contributed by atoms with Crippen LogP contribution in [0.15, 0.2) is 67.5 Å². The number of sulfonamides is 1. The van der Waals surface area contributed by atoms with Crippen LogP contribution < -0.4 is 4.72 Å². The summed E-state index contributed by atoms with van der Waals surface area (Å²) >= 11 is 10.2. The lowest BCUT2D eigenvalue weighted by atomic mass is 9.80. The highest BCUT2D eigenvalue weighted by molar-refractivity contribution is 9.10. The van der Waals surface area contributed by atoms with Crippen molar-refractivity contribution in [3.05, 3.63) is 80.6 Å². The quantitative estimate of drug-likeness (QED) is 0.370. The van der Waals surface area contributed by atoms with Crippen LogP contribution in [0.25, 0.3) is 0 Å². The average Bonchev–Trinajstić information content (AvgIpc) is 3.23. The van der Waals surface area contributed by atoms with E-state index in [0.717, 1.165) is 29.5 Å². The van der Waals surface area contributed by atoms with E-state index in [1.807, 2.05) is 0 Å². The Hall–Kier alpha value is -1.37. The van der Waals surface area contributed by atoms with Gasteiger partial charge in [-0.3, -0.25) is 0 Å². The molecule has 0 amide bonds. The highest BCUT2D eigenvalue weighted by Gasteiger charge is 2.50. The molecule has 1 aromatic heterocycles. The van der Waals surface area contributed by atoms with Gasteiger partial charge in [-0.1, -0.05) is 11.6 Å². The molecule has 0 aliphatic heterocycles. The number of halogens is 4. The normalized spacial score (nSPS) is 21.5. The molecule has 1 saturated carbocycles. The Morgan fingerprint density at radius 3 is 2.24 bits per heavy atom. The molecule has 1 aliphatic rings. The van der Waals surface area contributed by atoms with Crippen molar-refractivity contribution in [2.45, 2.75) is 45.6 Å². The van der Waals surface area contributed by atoms with Gasteiger partial charge in [0.25, 0.3) is 10.0 Å². The highest BCUT2D eigenvalue weighted by Crippen LogP contribution is 2.48. The molecule has 0 atom stereocenters. The summed E-state index contributed by atoms with van der Waals surface area (Å²) in [5.74, 6) is -1.59. The number of sulfone groups is 1. The Balaban J connectivity index is 1.71. The Morgan fingerprint density at radius 2 is 1.65 bits per heavy atom. The van der Waals surface area contributed by atoms with Crippen molar-refractivity contribution in [2.24, 2.45) is 0 Å². The zero-order valence-electron chi connectivity index (χ0n) is 17.5. The molecule has 1 N–H and O–H groups in total. The third kappa shape index (κ3) is 4.70. The van der Waals surface area contributed by atoms with E-state index in [0.29, 0.717) is 9.50 Å². The Kier molecular flexibility index (Phi) is 7.25. The summed E-state index contributed by atoms with van der Waals surface area (Å²) in [4.78, 5) is -0.0675. The van der Waals surface area contributed by atoms with Crippen molar-refractivity contribution < 1.29 is 25.6 Å². The van der Waals surface area contributed by atoms with Crippen molar-refractivity contribution in [3.63, 3.8) is 0 Å². The molecule has 0 bridgehead atoms. The zero-order chi connectivity index (χ0) is 24.7. The van der Waals surface area contributed by atoms with Crippen LogP contribution in [0.1, 0.15) is 31.2 Å². The SMILES string of the molecule is O=S(=O)(NC1CCC(c2cc(F)ccc2F)(S(=O)(=O)c2ccc(Cl)cc2)CC1)c1sccc1Br. The Labute approximate surface area is 214 Å². The number of thiophene rings is 1. The molecule has 5 nitrogen and oxygen atoms in total. The van der Waals surface area contributed by atoms with Gasteiger partial charge in [-0.05, 0) is 95.5 Å². The fourth-order valence-corrected chi connectivity index (χ4v) is 10.3. The molecule has 0 saturated heterocycles. The number of hydrogen-bond acceptors (Lipinski definition) is 5. The second kappa shape index (κ2) is 9.59. The average molecular weight is 611 g/mol. The standard InChI is InChI=1S/C22H19BrClF2NO4S3/c23-19-9-12-32-21(19)34(30,31)27-16-7-10-22(11-8-16,18-13-15(25)3-6-20(18)26)33(28,29)17-4-1-14(24)2-5-17/h1-6,9,12-13,16,27H,7-8,10-11H2. The van der Waals surface area contributed by atoms with Gasteiger partial charge in [-0.2, -0.15) is 0 Å². The molecule has 4 rings (SSSR count). The van der Waals surface area contributed by atoms with Gasteiger partial charge < -0.3 is 0 Å². The van der Waals surface area contributed by atoms with E-state index in [9.17, 15) is 25.6 Å². The molecule has 0 radical (unpaired) electrons. The first-order valence-electron chi connectivity index (χ1n) is 10.2. The second-order valence-electron chi connectivity index (χ2n) is 8.03. The minimum atomic E-state index is -4.20. The summed E-state index contributed by atoms with van der Waals surface area (Å²) in [6.45, 7) is 0. The first-order valence-corrected chi connectivity index (χ1v) is 15.2. The third-order valence-electron chi connectivity index (χ3n) is 6.00. The van der Waals surface area contributed by atoms with Crippen LogP contribution in [0.2, 0.25) is 5.02 Å². The van der Waals surface area contributed by atoms with Gasteiger partial charge in [0.05, 0.1) is 4.90 Å². The third-order valence-corrected chi connectivity index (χ3v) is 13.0. The lowest BCUT2D eigenvalue weighted by Crippen LogP contribution is -2.46. The van der Waals surface area contributed by atoms with Crippen LogP contribution >= 0.6 is 38.9 Å². The molecule has 0 unspecified atom stereocenters. The van der Waals surface area contributed by atoms with Crippen molar-refractivity contribution >= 4 is 58.7 Å². The second-order valence-corrected chi connectivity index (χ2v) is 14.4. The largest absolute Gasteiger partial charge is 0.251 e. The highest BCUT2D eigenvalue weighted by atomic mass is 79.9. The van der Waals surface area contributed by atoms with E-state index in [4.69, 9.17) is 11.6 Å². The molecule has 3 aromatic rings. The predicted octanol–water partition coefficient (Wildman–Crippen LogP) is 6.03. The first-order chi connectivity index (χ1) is 16.0. The van der Waals surface area contributed by atoms with Gasteiger partial charge in [0, 0.05) is 21.1 Å². The lowest BCUT2D eigenvalue weighted by Gasteiger charge is -2.40. The summed E-state index contributed by atoms with van der Waals surface area (Å²) in [5, 5.41) is 1.97. The molecule has 0 spiro atoms. The van der Waals surface area contributed by atoms with Gasteiger partial charge in [0.15, 0.2) is 9.84 Å². The Morgan fingerprint density at radius 1 is 1.00 bits per heavy atom. The van der Waals surface area contributed by atoms with Crippen molar-refractivity contribution in [1.29, 1.82) is 0 Å². The van der Waals surface area contributed by atoms with Gasteiger partial charge in [-0.15, -0.1) is 11.3 Å². The van der Waals surface area contributed by atoms with Crippen LogP contribution in [0.5, 0.6) is 0 Å². The van der Waals surface area contributed by atoms with Crippen LogP contribution in [0.3, 0.4) is 0 Å². The number of nitrogens with one attached hydrogen (secondary N) is 1. The molecule has 34 heavy (non-hydrogen) atoms. The number of hydrogen-bond donors (Lipinski definition) is 1. The van der Waals surface area contributed by atoms with Gasteiger partial charge in [0.1, 0.15) is 20.6 Å². The molecule has 2 aromatic carbocycles. The molecule has 1 aliphatic carbocycles. The minimum Gasteiger partial charge on any atom is -0.223 e. The first kappa shape index (κ1) is 25.7. The van der Waals surface area contributed by atoms with Crippen LogP contribution in [0, 0.1) is 11.6 Å². The number of benzene rings is 2. The summed E-state index contributed by atoms with van der Waals surface area (Å²) in [7, 11) is -8.03. The van der Waals surface area contributed by atoms with Crippen molar-refractivity contribution in [1.82, 2.24) is 4.72 Å². The van der Waals surface area contributed by atoms with Crippen molar-refractivity contribution in [2.75, 3.05) is 0 Å². The Bertz CT molecular complexity index is 1420. The maximum absolute atomic E-state index is 14.9. The summed E-state index contributed by atoms with van der Waals surface area (Å²) in [6, 6.07) is 9.31. The molecule has 1 fully saturated rings. The van der Waals surface area contributed by atoms with E-state index in [1.165, 1.54) is 24.3 Å². The fraction of sp³-hybridized carbons (Fsp3) is 0.273. The molecule has 1 heterocycles. The van der Waals surface area contributed by atoms with E-state index < -0.39 is 42.3 Å². The van der Waals surface area contributed by atoms with Gasteiger partial charge in [0.2, 0.25) is 0 Å². The minimum absolute atomic E-state index is 0.0675. The zero-order valence-corrected chi connectivity index (χ0v) is 22.3. The van der Waals surface area contributed by atoms with Crippen LogP contribution in [0.4, 0.5) is 8.78 Å². The predicted molar refractivity (Wildman–Crippen MR) is 131 cm³/mol. The van der Waals surface area contributed by atoms with Gasteiger partial charge >= 0.3 is 0 Å². The van der Waals surface area contributed by atoms with Crippen LogP contribution in [-0.2, 0) is 24.6 Å². The molecule has 182 valence electrons. The van der Waals surface area contributed by atoms with E-state index in [1.54, 1.807) is 11.4 Å². The smallest absolute Gasteiger partial charge is 0.223 e. The molecular formula is C22H19BrClF2NO4S3. The molecule has 12 heteroatoms. The van der Waals surface area contributed by atoms with E-state index in [-0.39, 0.29) is 40.4 Å². The monoisotopic (exact) mass is 609 g/mol. The van der Waals surface area contributed by atoms with Gasteiger partial charge in [-0.25, -0.2) is 30.3 Å². The van der Waals surface area contributed by atoms with Crippen LogP contribution in [-0.4, -0.2) is 22.9 Å². The van der Waals surface area contributed by atoms with E-state index >= 15 is 0 Å². The van der Waals surface area contributed by atoms with E-state index in [2.05, 4.69) is 20.7 Å².